The first kappa shape index (κ1) is 14.8. The van der Waals surface area contributed by atoms with E-state index in [1.807, 2.05) is 6.92 Å². The Morgan fingerprint density at radius 2 is 2.19 bits per heavy atom. The molecule has 1 heterocycles. The highest BCUT2D eigenvalue weighted by atomic mass is 32.1. The maximum atomic E-state index is 12.3. The molecule has 1 aromatic heterocycles. The zero-order valence-corrected chi connectivity index (χ0v) is 14.0. The minimum Gasteiger partial charge on any atom is -0.351 e. The van der Waals surface area contributed by atoms with Crippen LogP contribution in [0.5, 0.6) is 0 Å². The summed E-state index contributed by atoms with van der Waals surface area (Å²) < 4.78 is 1.56. The predicted octanol–water partition coefficient (Wildman–Crippen LogP) is 2.55. The number of carbonyl (C=O) groups is 1. The number of fused-ring (bicyclic) bond motifs is 2. The number of hydrogen-bond donors (Lipinski definition) is 1. The van der Waals surface area contributed by atoms with Crippen LogP contribution in [0.15, 0.2) is 10.2 Å². The fraction of sp³-hybridized carbons (Fsp3) is 0.750. The molecule has 3 atom stereocenters. The molecule has 0 spiro atoms. The summed E-state index contributed by atoms with van der Waals surface area (Å²) in [7, 11) is 0. The molecular formula is C16H24N2O2S. The van der Waals surface area contributed by atoms with Crippen molar-refractivity contribution in [3.63, 3.8) is 0 Å². The molecular weight excluding hydrogens is 284 g/mol. The normalized spacial score (nSPS) is 33.3. The summed E-state index contributed by atoms with van der Waals surface area (Å²) in [6.07, 6.45) is 3.54. The summed E-state index contributed by atoms with van der Waals surface area (Å²) in [4.78, 5) is 24.0. The summed E-state index contributed by atoms with van der Waals surface area (Å²) in [5.41, 5.74) is 1.34. The first-order chi connectivity index (χ1) is 9.75. The Kier molecular flexibility index (Phi) is 3.32. The van der Waals surface area contributed by atoms with Crippen molar-refractivity contribution in [2.45, 2.75) is 59.5 Å². The van der Waals surface area contributed by atoms with Crippen molar-refractivity contribution < 1.29 is 4.79 Å². The van der Waals surface area contributed by atoms with Gasteiger partial charge in [0.2, 0.25) is 5.91 Å². The second-order valence-electron chi connectivity index (χ2n) is 7.46. The first-order valence-corrected chi connectivity index (χ1v) is 8.58. The molecule has 2 bridgehead atoms. The molecule has 2 saturated carbocycles. The van der Waals surface area contributed by atoms with E-state index in [4.69, 9.17) is 0 Å². The van der Waals surface area contributed by atoms with Crippen LogP contribution in [-0.4, -0.2) is 16.5 Å². The summed E-state index contributed by atoms with van der Waals surface area (Å²) in [5.74, 6) is 0.673. The zero-order chi connectivity index (χ0) is 15.4. The first-order valence-electron chi connectivity index (χ1n) is 7.70. The number of thiazole rings is 1. The Balaban J connectivity index is 1.71. The van der Waals surface area contributed by atoms with Gasteiger partial charge in [0.25, 0.3) is 0 Å². The molecule has 3 rings (SSSR count). The minimum absolute atomic E-state index is 0.0341. The molecule has 0 aromatic carbocycles. The maximum absolute atomic E-state index is 12.3. The van der Waals surface area contributed by atoms with Gasteiger partial charge in [-0.15, -0.1) is 0 Å². The maximum Gasteiger partial charge on any atom is 0.307 e. The van der Waals surface area contributed by atoms with Crippen molar-refractivity contribution in [1.29, 1.82) is 0 Å². The fourth-order valence-electron chi connectivity index (χ4n) is 4.40. The van der Waals surface area contributed by atoms with E-state index in [1.54, 1.807) is 9.95 Å². The lowest BCUT2D eigenvalue weighted by Crippen LogP contribution is -2.48. The van der Waals surface area contributed by atoms with E-state index in [-0.39, 0.29) is 28.8 Å². The van der Waals surface area contributed by atoms with Crippen LogP contribution in [0, 0.1) is 23.7 Å². The van der Waals surface area contributed by atoms with E-state index in [2.05, 4.69) is 26.1 Å². The third kappa shape index (κ3) is 2.08. The van der Waals surface area contributed by atoms with Crippen molar-refractivity contribution in [2.24, 2.45) is 16.7 Å². The Hall–Kier alpha value is -1.10. The van der Waals surface area contributed by atoms with Gasteiger partial charge in [-0.05, 0) is 42.9 Å². The largest absolute Gasteiger partial charge is 0.351 e. The molecule has 5 heteroatoms. The second-order valence-corrected chi connectivity index (χ2v) is 8.28. The average molecular weight is 308 g/mol. The predicted molar refractivity (Wildman–Crippen MR) is 84.5 cm³/mol. The number of rotatable bonds is 3. The van der Waals surface area contributed by atoms with Gasteiger partial charge in [0, 0.05) is 17.1 Å². The number of carbonyl (C=O) groups excluding carboxylic acids is 1. The highest BCUT2D eigenvalue weighted by Gasteiger charge is 2.61. The third-order valence-corrected chi connectivity index (χ3v) is 7.29. The van der Waals surface area contributed by atoms with Gasteiger partial charge in [-0.3, -0.25) is 14.2 Å². The molecule has 2 fully saturated rings. The summed E-state index contributed by atoms with van der Waals surface area (Å²) >= 11 is 1.15. The molecule has 2 aliphatic rings. The van der Waals surface area contributed by atoms with Crippen molar-refractivity contribution >= 4 is 17.2 Å². The van der Waals surface area contributed by atoms with Gasteiger partial charge in [-0.25, -0.2) is 0 Å². The van der Waals surface area contributed by atoms with Crippen molar-refractivity contribution in [3.8, 4) is 0 Å². The molecule has 0 unspecified atom stereocenters. The number of nitrogens with one attached hydrogen (secondary N) is 1. The number of aryl methyl sites for hydroxylation is 1. The lowest BCUT2D eigenvalue weighted by Gasteiger charge is -2.39. The zero-order valence-electron chi connectivity index (χ0n) is 13.2. The van der Waals surface area contributed by atoms with E-state index >= 15 is 0 Å². The van der Waals surface area contributed by atoms with Crippen molar-refractivity contribution in [2.75, 3.05) is 0 Å². The van der Waals surface area contributed by atoms with Gasteiger partial charge in [-0.1, -0.05) is 32.1 Å². The Bertz CT molecular complexity index is 630. The Morgan fingerprint density at radius 3 is 2.67 bits per heavy atom. The topological polar surface area (TPSA) is 51.1 Å². The van der Waals surface area contributed by atoms with Crippen molar-refractivity contribution in [3.05, 3.63) is 20.7 Å². The van der Waals surface area contributed by atoms with Gasteiger partial charge in [-0.2, -0.15) is 0 Å². The number of hydrogen-bond acceptors (Lipinski definition) is 3. The van der Waals surface area contributed by atoms with Gasteiger partial charge in [0.05, 0.1) is 0 Å². The smallest absolute Gasteiger partial charge is 0.307 e. The van der Waals surface area contributed by atoms with Crippen LogP contribution in [0.4, 0.5) is 0 Å². The average Bonchev–Trinajstić information content (AvgIpc) is 2.89. The molecule has 116 valence electrons. The summed E-state index contributed by atoms with van der Waals surface area (Å²) in [6, 6.07) is 0.244. The van der Waals surface area contributed by atoms with E-state index in [0.29, 0.717) is 11.3 Å². The molecule has 1 N–H and O–H groups in total. The second kappa shape index (κ2) is 4.70. The molecule has 1 amide bonds. The molecule has 21 heavy (non-hydrogen) atoms. The van der Waals surface area contributed by atoms with Crippen LogP contribution in [0.2, 0.25) is 0 Å². The van der Waals surface area contributed by atoms with Crippen LogP contribution >= 0.6 is 11.3 Å². The van der Waals surface area contributed by atoms with Gasteiger partial charge >= 0.3 is 4.87 Å². The summed E-state index contributed by atoms with van der Waals surface area (Å²) in [6.45, 7) is 9.00. The van der Waals surface area contributed by atoms with E-state index in [9.17, 15) is 9.59 Å². The van der Waals surface area contributed by atoms with Crippen LogP contribution in [0.25, 0.3) is 0 Å². The van der Waals surface area contributed by atoms with Gasteiger partial charge < -0.3 is 5.32 Å². The highest BCUT2D eigenvalue weighted by molar-refractivity contribution is 7.07. The monoisotopic (exact) mass is 308 g/mol. The van der Waals surface area contributed by atoms with E-state index in [0.717, 1.165) is 23.5 Å². The number of amides is 1. The SMILES string of the molecule is Cc1csc(=O)n1CC(=O)N[C@@H]1C[C@H]2CC[C@]1(C)C2(C)C. The van der Waals surface area contributed by atoms with Crippen LogP contribution in [-0.2, 0) is 11.3 Å². The minimum atomic E-state index is -0.0536. The fourth-order valence-corrected chi connectivity index (χ4v) is 5.14. The van der Waals surface area contributed by atoms with E-state index < -0.39 is 0 Å². The van der Waals surface area contributed by atoms with E-state index in [1.165, 1.54) is 12.8 Å². The van der Waals surface area contributed by atoms with Gasteiger partial charge in [0.15, 0.2) is 0 Å². The van der Waals surface area contributed by atoms with Crippen LogP contribution in [0.3, 0.4) is 0 Å². The molecule has 0 aliphatic heterocycles. The molecule has 0 saturated heterocycles. The quantitative estimate of drug-likeness (QED) is 0.933. The van der Waals surface area contributed by atoms with Gasteiger partial charge in [0.1, 0.15) is 6.54 Å². The third-order valence-electron chi connectivity index (χ3n) is 6.41. The number of nitrogens with zero attached hydrogens (tertiary/aromatic N) is 1. The Labute approximate surface area is 129 Å². The van der Waals surface area contributed by atoms with Crippen molar-refractivity contribution in [1.82, 2.24) is 9.88 Å². The van der Waals surface area contributed by atoms with Crippen LogP contribution < -0.4 is 10.2 Å². The molecule has 4 nitrogen and oxygen atoms in total. The highest BCUT2D eigenvalue weighted by Crippen LogP contribution is 2.65. The van der Waals surface area contributed by atoms with Crippen LogP contribution in [0.1, 0.15) is 45.7 Å². The lowest BCUT2D eigenvalue weighted by atomic mass is 9.69. The lowest BCUT2D eigenvalue weighted by molar-refractivity contribution is -0.123. The molecule has 2 aliphatic carbocycles. The number of aromatic nitrogens is 1. The Morgan fingerprint density at radius 1 is 1.48 bits per heavy atom. The standard InChI is InChI=1S/C16H24N2O2S/c1-10-9-21-14(20)18(10)8-13(19)17-12-7-11-5-6-16(12,4)15(11,2)3/h9,11-12H,5-8H2,1-4H3,(H,17,19)/t11-,12-,16+/m1/s1. The molecule has 0 radical (unpaired) electrons. The summed E-state index contributed by atoms with van der Waals surface area (Å²) in [5, 5.41) is 5.01. The molecule has 1 aromatic rings.